The number of amides is 3. The molecule has 5 heterocycles. The van der Waals surface area contributed by atoms with Gasteiger partial charge in [-0.3, -0.25) is 28.7 Å². The summed E-state index contributed by atoms with van der Waals surface area (Å²) in [7, 11) is -4.44. The van der Waals surface area contributed by atoms with E-state index in [1.807, 2.05) is 30.2 Å². The summed E-state index contributed by atoms with van der Waals surface area (Å²) >= 11 is 1.20. The summed E-state index contributed by atoms with van der Waals surface area (Å²) in [4.78, 5) is 62.8. The molecule has 3 fully saturated rings. The summed E-state index contributed by atoms with van der Waals surface area (Å²) in [6.07, 6.45) is 9.29. The van der Waals surface area contributed by atoms with Crippen molar-refractivity contribution in [2.75, 3.05) is 19.7 Å². The molecular formula is C42H49FN5O7PS. The molecule has 2 aromatic carbocycles. The number of carbonyl (C=O) groups excluding carboxylic acids is 4. The second-order valence-electron chi connectivity index (χ2n) is 15.1. The highest BCUT2D eigenvalue weighted by Gasteiger charge is 2.46. The maximum absolute atomic E-state index is 16.5. The van der Waals surface area contributed by atoms with Gasteiger partial charge >= 0.3 is 13.5 Å². The van der Waals surface area contributed by atoms with Gasteiger partial charge in [0.05, 0.1) is 11.5 Å². The first-order valence-corrected chi connectivity index (χ1v) is 22.3. The molecule has 3 aliphatic heterocycles. The summed E-state index contributed by atoms with van der Waals surface area (Å²) < 4.78 is 42.4. The number of ether oxygens (including phenoxy) is 1. The highest BCUT2D eigenvalue weighted by molar-refractivity contribution is 7.57. The molecular weight excluding hydrogens is 769 g/mol. The Morgan fingerprint density at radius 1 is 1.02 bits per heavy atom. The highest BCUT2D eigenvalue weighted by atomic mass is 32.1. The number of halogens is 1. The van der Waals surface area contributed by atoms with Gasteiger partial charge in [-0.05, 0) is 98.4 Å². The molecule has 15 heteroatoms. The maximum atomic E-state index is 16.5. The van der Waals surface area contributed by atoms with E-state index in [0.717, 1.165) is 37.7 Å². The fourth-order valence-corrected chi connectivity index (χ4v) is 11.0. The first-order chi connectivity index (χ1) is 27.5. The van der Waals surface area contributed by atoms with E-state index in [1.54, 1.807) is 53.6 Å². The van der Waals surface area contributed by atoms with Crippen molar-refractivity contribution < 1.29 is 37.4 Å². The summed E-state index contributed by atoms with van der Waals surface area (Å²) in [6, 6.07) is 15.8. The number of thiophene rings is 1. The van der Waals surface area contributed by atoms with E-state index >= 15 is 4.39 Å². The quantitative estimate of drug-likeness (QED) is 0.103. The smallest absolute Gasteiger partial charge is 0.355 e. The van der Waals surface area contributed by atoms with Crippen LogP contribution in [-0.2, 0) is 23.7 Å². The fourth-order valence-electron chi connectivity index (χ4n) is 8.14. The SMILES string of the molecule is CCCOC(=O)[C@H](C)NP(=O)(Oc1ccccc1)C(F)c1ccc2sc(C(=O)NC3CCCC[C@H]4CC[C@@H](C(=O)N5CCC(c6cccnc6)C5)N4C3=O)cc2c1. The van der Waals surface area contributed by atoms with Crippen molar-refractivity contribution in [2.45, 2.75) is 101 Å². The monoisotopic (exact) mass is 817 g/mol. The number of nitrogens with one attached hydrogen (secondary N) is 2. The number of fused-ring (bicyclic) bond motifs is 2. The Morgan fingerprint density at radius 3 is 2.60 bits per heavy atom. The molecule has 0 saturated carbocycles. The Balaban J connectivity index is 1.06. The van der Waals surface area contributed by atoms with Crippen LogP contribution in [0, 0.1) is 0 Å². The number of hydrogen-bond donors (Lipinski definition) is 2. The molecule has 3 amide bonds. The third-order valence-electron chi connectivity index (χ3n) is 11.1. The third kappa shape index (κ3) is 9.08. The van der Waals surface area contributed by atoms with Crippen LogP contribution in [0.2, 0.25) is 0 Å². The molecule has 3 aliphatic rings. The molecule has 3 saturated heterocycles. The van der Waals surface area contributed by atoms with Gasteiger partial charge in [-0.15, -0.1) is 11.3 Å². The van der Waals surface area contributed by atoms with Crippen LogP contribution < -0.4 is 14.9 Å². The second kappa shape index (κ2) is 17.9. The van der Waals surface area contributed by atoms with Crippen molar-refractivity contribution in [3.63, 3.8) is 0 Å². The van der Waals surface area contributed by atoms with Gasteiger partial charge in [-0.1, -0.05) is 50.1 Å². The average Bonchev–Trinajstić information content (AvgIpc) is 3.99. The number of likely N-dealkylation sites (tertiary alicyclic amines) is 1. The Bertz CT molecular complexity index is 2120. The highest BCUT2D eigenvalue weighted by Crippen LogP contribution is 2.58. The number of alkyl halides is 1. The van der Waals surface area contributed by atoms with Gasteiger partial charge in [0.1, 0.15) is 23.9 Å². The number of benzene rings is 2. The van der Waals surface area contributed by atoms with Crippen LogP contribution in [0.1, 0.15) is 97.8 Å². The molecule has 0 spiro atoms. The topological polar surface area (TPSA) is 147 Å². The van der Waals surface area contributed by atoms with Crippen LogP contribution in [0.3, 0.4) is 0 Å². The number of carbonyl (C=O) groups is 4. The van der Waals surface area contributed by atoms with Gasteiger partial charge in [-0.25, -0.2) is 9.48 Å². The van der Waals surface area contributed by atoms with Crippen molar-refractivity contribution in [1.29, 1.82) is 0 Å². The van der Waals surface area contributed by atoms with Gasteiger partial charge in [-0.2, -0.15) is 0 Å². The number of nitrogens with zero attached hydrogens (tertiary/aromatic N) is 3. The molecule has 0 bridgehead atoms. The first kappa shape index (κ1) is 40.5. The van der Waals surface area contributed by atoms with Crippen LogP contribution >= 0.6 is 18.9 Å². The van der Waals surface area contributed by atoms with Crippen LogP contribution in [-0.4, -0.2) is 82.3 Å². The molecule has 0 radical (unpaired) electrons. The zero-order chi connectivity index (χ0) is 40.1. The molecule has 2 N–H and O–H groups in total. The standard InChI is InChI=1S/C42H49FN5O7PS/c1-3-22-54-42(52)27(2)46-56(53,55-33-12-5-4-6-13-33)38(43)28-15-18-36-31(23-28)24-37(57-36)39(49)45-34-14-8-7-11-32-16-17-35(48(32)40(34)50)41(51)47-21-19-30(26-47)29-10-9-20-44-25-29/h4-6,9-10,12-13,15,18,20,23-25,27,30,32,34-35,38H,3,7-8,11,14,16-17,19,21-22,26H2,1-2H3,(H,45,49)(H,46,53)/t27-,30?,32-,34?,35-,38?,56?/m0/s1. The van der Waals surface area contributed by atoms with Gasteiger partial charge in [0.15, 0.2) is 0 Å². The molecule has 7 rings (SSSR count). The molecule has 4 aromatic rings. The van der Waals surface area contributed by atoms with Gasteiger partial charge in [0.25, 0.3) is 5.91 Å². The normalized spacial score (nSPS) is 23.2. The fraction of sp³-hybridized carbons (Fsp3) is 0.452. The number of esters is 1. The second-order valence-corrected chi connectivity index (χ2v) is 18.3. The number of para-hydroxylation sites is 1. The lowest BCUT2D eigenvalue weighted by molar-refractivity contribution is -0.146. The molecule has 4 unspecified atom stereocenters. The lowest BCUT2D eigenvalue weighted by Gasteiger charge is -2.36. The molecule has 2 aromatic heterocycles. The van der Waals surface area contributed by atoms with E-state index in [2.05, 4.69) is 15.4 Å². The summed E-state index contributed by atoms with van der Waals surface area (Å²) in [5.74, 6) is -3.21. The maximum Gasteiger partial charge on any atom is 0.355 e. The lowest BCUT2D eigenvalue weighted by Crippen LogP contribution is -2.56. The molecule has 57 heavy (non-hydrogen) atoms. The summed E-state index contributed by atoms with van der Waals surface area (Å²) in [5.41, 5.74) is 1.14. The van der Waals surface area contributed by atoms with E-state index in [9.17, 15) is 23.7 Å². The number of pyridine rings is 1. The molecule has 12 nitrogen and oxygen atoms in total. The first-order valence-electron chi connectivity index (χ1n) is 19.8. The van der Waals surface area contributed by atoms with E-state index in [-0.39, 0.29) is 41.7 Å². The van der Waals surface area contributed by atoms with Crippen LogP contribution in [0.25, 0.3) is 10.1 Å². The molecule has 0 aliphatic carbocycles. The van der Waals surface area contributed by atoms with E-state index < -0.39 is 43.4 Å². The minimum Gasteiger partial charge on any atom is -0.465 e. The average molecular weight is 818 g/mol. The minimum atomic E-state index is -4.44. The van der Waals surface area contributed by atoms with Gasteiger partial charge < -0.3 is 24.4 Å². The number of hydrogen-bond acceptors (Lipinski definition) is 9. The Morgan fingerprint density at radius 2 is 1.82 bits per heavy atom. The van der Waals surface area contributed by atoms with Crippen molar-refractivity contribution in [1.82, 2.24) is 25.2 Å². The number of aromatic nitrogens is 1. The Hall–Kier alpha value is -4.65. The zero-order valence-electron chi connectivity index (χ0n) is 32.2. The molecule has 7 atom stereocenters. The van der Waals surface area contributed by atoms with E-state index in [4.69, 9.17) is 9.26 Å². The Kier molecular flexibility index (Phi) is 12.7. The van der Waals surface area contributed by atoms with E-state index in [0.29, 0.717) is 47.3 Å². The van der Waals surface area contributed by atoms with Crippen molar-refractivity contribution in [3.05, 3.63) is 95.1 Å². The zero-order valence-corrected chi connectivity index (χ0v) is 33.9. The van der Waals surface area contributed by atoms with Crippen molar-refractivity contribution in [2.24, 2.45) is 0 Å². The van der Waals surface area contributed by atoms with Gasteiger partial charge in [0, 0.05) is 42.1 Å². The van der Waals surface area contributed by atoms with Crippen molar-refractivity contribution >= 4 is 52.6 Å². The van der Waals surface area contributed by atoms with E-state index in [1.165, 1.54) is 30.4 Å². The molecule has 302 valence electrons. The van der Waals surface area contributed by atoms with Crippen LogP contribution in [0.4, 0.5) is 4.39 Å². The minimum absolute atomic E-state index is 0.0314. The van der Waals surface area contributed by atoms with Crippen LogP contribution in [0.15, 0.2) is 79.1 Å². The largest absolute Gasteiger partial charge is 0.465 e. The van der Waals surface area contributed by atoms with Crippen LogP contribution in [0.5, 0.6) is 5.75 Å². The third-order valence-corrected chi connectivity index (χ3v) is 14.3. The summed E-state index contributed by atoms with van der Waals surface area (Å²) in [6.45, 7) is 4.66. The number of rotatable bonds is 13. The van der Waals surface area contributed by atoms with Crippen molar-refractivity contribution in [3.8, 4) is 5.75 Å². The predicted molar refractivity (Wildman–Crippen MR) is 216 cm³/mol. The predicted octanol–water partition coefficient (Wildman–Crippen LogP) is 7.52. The lowest BCUT2D eigenvalue weighted by atomic mass is 9.99. The Labute approximate surface area is 336 Å². The van der Waals surface area contributed by atoms with Gasteiger partial charge in [0.2, 0.25) is 17.7 Å². The summed E-state index contributed by atoms with van der Waals surface area (Å²) in [5, 5.41) is 6.10.